The van der Waals surface area contributed by atoms with Gasteiger partial charge in [-0.15, -0.1) is 11.3 Å². The monoisotopic (exact) mass is 270 g/mol. The molecule has 1 amide bonds. The van der Waals surface area contributed by atoms with Crippen molar-refractivity contribution in [1.82, 2.24) is 10.6 Å². The predicted molar refractivity (Wildman–Crippen MR) is 74.9 cm³/mol. The summed E-state index contributed by atoms with van der Waals surface area (Å²) in [7, 11) is 1.63. The first kappa shape index (κ1) is 15.1. The molecule has 1 aromatic heterocycles. The number of thiophene rings is 1. The second kappa shape index (κ2) is 9.08. The third kappa shape index (κ3) is 5.62. The Balaban J connectivity index is 2.17. The van der Waals surface area contributed by atoms with E-state index in [-0.39, 0.29) is 5.91 Å². The Morgan fingerprint density at radius 1 is 1.50 bits per heavy atom. The molecule has 0 spiro atoms. The first-order chi connectivity index (χ1) is 8.77. The van der Waals surface area contributed by atoms with E-state index in [9.17, 15) is 4.79 Å². The minimum atomic E-state index is 0.0700. The normalized spacial score (nSPS) is 12.3. The maximum Gasteiger partial charge on any atom is 0.221 e. The number of nitrogens with one attached hydrogen (secondary N) is 2. The maximum absolute atomic E-state index is 11.5. The maximum atomic E-state index is 11.5. The van der Waals surface area contributed by atoms with Crippen LogP contribution in [0.2, 0.25) is 0 Å². The summed E-state index contributed by atoms with van der Waals surface area (Å²) < 4.78 is 4.87. The van der Waals surface area contributed by atoms with Crippen molar-refractivity contribution < 1.29 is 9.53 Å². The zero-order valence-corrected chi connectivity index (χ0v) is 11.9. The Hall–Kier alpha value is -0.910. The van der Waals surface area contributed by atoms with Crippen LogP contribution >= 0.6 is 11.3 Å². The van der Waals surface area contributed by atoms with Crippen molar-refractivity contribution in [3.8, 4) is 0 Å². The summed E-state index contributed by atoms with van der Waals surface area (Å²) >= 11 is 1.75. The fourth-order valence-electron chi connectivity index (χ4n) is 1.68. The van der Waals surface area contributed by atoms with Gasteiger partial charge in [-0.25, -0.2) is 0 Å². The molecular weight excluding hydrogens is 248 g/mol. The fraction of sp³-hybridized carbons (Fsp3) is 0.615. The number of ether oxygens (including phenoxy) is 1. The highest BCUT2D eigenvalue weighted by Gasteiger charge is 2.09. The van der Waals surface area contributed by atoms with E-state index in [4.69, 9.17) is 4.74 Å². The third-order valence-electron chi connectivity index (χ3n) is 2.67. The van der Waals surface area contributed by atoms with Gasteiger partial charge in [0.2, 0.25) is 5.91 Å². The van der Waals surface area contributed by atoms with Crippen molar-refractivity contribution in [3.05, 3.63) is 22.4 Å². The summed E-state index contributed by atoms with van der Waals surface area (Å²) in [5.41, 5.74) is 0. The van der Waals surface area contributed by atoms with Crippen molar-refractivity contribution in [2.75, 3.05) is 26.8 Å². The van der Waals surface area contributed by atoms with Gasteiger partial charge in [-0.1, -0.05) is 13.0 Å². The fourth-order valence-corrected chi connectivity index (χ4v) is 2.56. The molecule has 1 aromatic rings. The quantitative estimate of drug-likeness (QED) is 0.674. The molecule has 0 bridgehead atoms. The van der Waals surface area contributed by atoms with Crippen LogP contribution in [0.15, 0.2) is 17.5 Å². The van der Waals surface area contributed by atoms with Crippen LogP contribution in [-0.2, 0) is 9.53 Å². The van der Waals surface area contributed by atoms with E-state index in [2.05, 4.69) is 35.1 Å². The van der Waals surface area contributed by atoms with Crippen LogP contribution in [0.5, 0.6) is 0 Å². The molecule has 1 rings (SSSR count). The molecule has 1 heterocycles. The van der Waals surface area contributed by atoms with E-state index in [0.29, 0.717) is 32.2 Å². The molecule has 0 radical (unpaired) electrons. The molecule has 5 heteroatoms. The first-order valence-corrected chi connectivity index (χ1v) is 7.18. The summed E-state index contributed by atoms with van der Waals surface area (Å²) in [4.78, 5) is 12.8. The molecule has 0 fully saturated rings. The number of carbonyl (C=O) groups is 1. The summed E-state index contributed by atoms with van der Waals surface area (Å²) in [5, 5.41) is 8.30. The predicted octanol–water partition coefficient (Wildman–Crippen LogP) is 1.94. The average Bonchev–Trinajstić information content (AvgIpc) is 2.89. The first-order valence-electron chi connectivity index (χ1n) is 6.30. The van der Waals surface area contributed by atoms with Gasteiger partial charge in [0.25, 0.3) is 0 Å². The van der Waals surface area contributed by atoms with Gasteiger partial charge in [0.05, 0.1) is 6.61 Å². The molecule has 0 aliphatic carbocycles. The number of amides is 1. The molecule has 4 nitrogen and oxygen atoms in total. The molecule has 0 aliphatic heterocycles. The van der Waals surface area contributed by atoms with Crippen LogP contribution < -0.4 is 10.6 Å². The zero-order valence-electron chi connectivity index (χ0n) is 11.1. The molecule has 0 aromatic carbocycles. The van der Waals surface area contributed by atoms with E-state index in [1.165, 1.54) is 4.88 Å². The highest BCUT2D eigenvalue weighted by molar-refractivity contribution is 7.10. The van der Waals surface area contributed by atoms with E-state index in [1.807, 2.05) is 0 Å². The molecule has 2 N–H and O–H groups in total. The molecule has 0 aliphatic rings. The number of hydrogen-bond donors (Lipinski definition) is 2. The number of hydrogen-bond acceptors (Lipinski definition) is 4. The SMILES string of the molecule is CCC(NCCC(=O)NCCOC)c1cccs1. The Morgan fingerprint density at radius 3 is 2.94 bits per heavy atom. The van der Waals surface area contributed by atoms with Crippen LogP contribution in [0.3, 0.4) is 0 Å². The van der Waals surface area contributed by atoms with Crippen LogP contribution in [0.4, 0.5) is 0 Å². The van der Waals surface area contributed by atoms with Crippen molar-refractivity contribution in [2.24, 2.45) is 0 Å². The van der Waals surface area contributed by atoms with Gasteiger partial charge in [0.15, 0.2) is 0 Å². The average molecular weight is 270 g/mol. The van der Waals surface area contributed by atoms with Crippen molar-refractivity contribution in [3.63, 3.8) is 0 Å². The highest BCUT2D eigenvalue weighted by atomic mass is 32.1. The lowest BCUT2D eigenvalue weighted by atomic mass is 10.2. The van der Waals surface area contributed by atoms with Crippen LogP contribution in [-0.4, -0.2) is 32.7 Å². The standard InChI is InChI=1S/C13H22N2O2S/c1-3-11(12-5-4-10-18-12)14-7-6-13(16)15-8-9-17-2/h4-5,10-11,14H,3,6-9H2,1-2H3,(H,15,16). The number of carbonyl (C=O) groups excluding carboxylic acids is 1. The molecule has 18 heavy (non-hydrogen) atoms. The summed E-state index contributed by atoms with van der Waals surface area (Å²) in [6.45, 7) is 3.99. The van der Waals surface area contributed by atoms with Gasteiger partial charge in [-0.05, 0) is 17.9 Å². The summed E-state index contributed by atoms with van der Waals surface area (Å²) in [6, 6.07) is 4.54. The van der Waals surface area contributed by atoms with E-state index < -0.39 is 0 Å². The lowest BCUT2D eigenvalue weighted by Crippen LogP contribution is -2.31. The zero-order chi connectivity index (χ0) is 13.2. The van der Waals surface area contributed by atoms with Crippen molar-refractivity contribution in [1.29, 1.82) is 0 Å². The Labute approximate surface area is 113 Å². The topological polar surface area (TPSA) is 50.4 Å². The van der Waals surface area contributed by atoms with Gasteiger partial charge in [0.1, 0.15) is 0 Å². The number of methoxy groups -OCH3 is 1. The summed E-state index contributed by atoms with van der Waals surface area (Å²) in [6.07, 6.45) is 1.54. The van der Waals surface area contributed by atoms with Crippen LogP contribution in [0.25, 0.3) is 0 Å². The number of rotatable bonds is 9. The second-order valence-corrected chi connectivity index (χ2v) is 5.00. The van der Waals surface area contributed by atoms with Gasteiger partial charge < -0.3 is 15.4 Å². The lowest BCUT2D eigenvalue weighted by Gasteiger charge is -2.15. The van der Waals surface area contributed by atoms with Gasteiger partial charge >= 0.3 is 0 Å². The minimum absolute atomic E-state index is 0.0700. The highest BCUT2D eigenvalue weighted by Crippen LogP contribution is 2.21. The smallest absolute Gasteiger partial charge is 0.221 e. The molecule has 102 valence electrons. The summed E-state index contributed by atoms with van der Waals surface area (Å²) in [5.74, 6) is 0.0700. The molecule has 1 atom stereocenters. The van der Waals surface area contributed by atoms with E-state index >= 15 is 0 Å². The Kier molecular flexibility index (Phi) is 7.64. The van der Waals surface area contributed by atoms with Gasteiger partial charge in [0, 0.05) is 37.5 Å². The molecule has 0 saturated carbocycles. The van der Waals surface area contributed by atoms with Crippen molar-refractivity contribution in [2.45, 2.75) is 25.8 Å². The van der Waals surface area contributed by atoms with E-state index in [1.54, 1.807) is 18.4 Å². The van der Waals surface area contributed by atoms with Gasteiger partial charge in [-0.3, -0.25) is 4.79 Å². The third-order valence-corrected chi connectivity index (χ3v) is 3.65. The molecule has 1 unspecified atom stereocenters. The lowest BCUT2D eigenvalue weighted by molar-refractivity contribution is -0.121. The van der Waals surface area contributed by atoms with E-state index in [0.717, 1.165) is 6.42 Å². The Bertz CT molecular complexity index is 328. The van der Waals surface area contributed by atoms with Gasteiger partial charge in [-0.2, -0.15) is 0 Å². The largest absolute Gasteiger partial charge is 0.383 e. The molecular formula is C13H22N2O2S. The Morgan fingerprint density at radius 2 is 2.33 bits per heavy atom. The van der Waals surface area contributed by atoms with Crippen molar-refractivity contribution >= 4 is 17.2 Å². The van der Waals surface area contributed by atoms with Crippen LogP contribution in [0, 0.1) is 0 Å². The van der Waals surface area contributed by atoms with Crippen LogP contribution in [0.1, 0.15) is 30.7 Å². The second-order valence-electron chi connectivity index (χ2n) is 4.02. The minimum Gasteiger partial charge on any atom is -0.383 e. The molecule has 0 saturated heterocycles.